The first-order chi connectivity index (χ1) is 15.6. The van der Waals surface area contributed by atoms with E-state index in [1.807, 2.05) is 0 Å². The smallest absolute Gasteiger partial charge is 0.414 e. The van der Waals surface area contributed by atoms with Crippen LogP contribution in [0.5, 0.6) is 0 Å². The van der Waals surface area contributed by atoms with E-state index in [2.05, 4.69) is 9.68 Å². The van der Waals surface area contributed by atoms with Crippen molar-refractivity contribution < 1.29 is 41.5 Å². The highest BCUT2D eigenvalue weighted by atomic mass is 31.2. The summed E-state index contributed by atoms with van der Waals surface area (Å²) < 4.78 is 67.4. The maximum Gasteiger partial charge on any atom is 0.414 e. The van der Waals surface area contributed by atoms with Crippen molar-refractivity contribution in [1.82, 2.24) is 5.16 Å². The zero-order valence-corrected chi connectivity index (χ0v) is 18.0. The molecule has 33 heavy (non-hydrogen) atoms. The van der Waals surface area contributed by atoms with Crippen molar-refractivity contribution in [2.24, 2.45) is 0 Å². The molecule has 1 aromatic heterocycles. The summed E-state index contributed by atoms with van der Waals surface area (Å²) in [6.45, 7) is 0.352. The minimum Gasteiger partial charge on any atom is -0.442 e. The van der Waals surface area contributed by atoms with E-state index in [1.165, 1.54) is 12.3 Å². The van der Waals surface area contributed by atoms with E-state index >= 15 is 0 Å². The summed E-state index contributed by atoms with van der Waals surface area (Å²) in [5.41, 5.74) is -1.37. The molecule has 1 fully saturated rings. The summed E-state index contributed by atoms with van der Waals surface area (Å²) in [6, 6.07) is 1.99. The van der Waals surface area contributed by atoms with E-state index in [-0.39, 0.29) is 37.7 Å². The van der Waals surface area contributed by atoms with Crippen molar-refractivity contribution in [1.29, 1.82) is 0 Å². The van der Waals surface area contributed by atoms with Crippen LogP contribution in [0.3, 0.4) is 0 Å². The molecule has 4 rings (SSSR count). The number of ketones is 1. The van der Waals surface area contributed by atoms with E-state index in [0.29, 0.717) is 11.0 Å². The normalized spacial score (nSPS) is 20.2. The average Bonchev–Trinajstić information content (AvgIpc) is 3.39. The zero-order valence-electron chi connectivity index (χ0n) is 17.2. The molecule has 1 aromatic carbocycles. The molecule has 0 aliphatic carbocycles. The molecule has 0 saturated carbocycles. The summed E-state index contributed by atoms with van der Waals surface area (Å²) >= 11 is 0. The van der Waals surface area contributed by atoms with Crippen LogP contribution < -0.4 is 14.5 Å². The summed E-state index contributed by atoms with van der Waals surface area (Å²) in [5.74, 6) is -4.37. The quantitative estimate of drug-likeness (QED) is 0.486. The predicted molar refractivity (Wildman–Crippen MR) is 110 cm³/mol. The van der Waals surface area contributed by atoms with Crippen LogP contribution in [0.1, 0.15) is 6.42 Å². The van der Waals surface area contributed by atoms with Gasteiger partial charge in [-0.05, 0) is 6.08 Å². The molecule has 2 aliphatic rings. The third-order valence-corrected chi connectivity index (χ3v) is 6.38. The Labute approximate surface area is 185 Å². The Kier molecular flexibility index (Phi) is 5.93. The second kappa shape index (κ2) is 8.56. The molecule has 10 nitrogen and oxygen atoms in total. The Morgan fingerprint density at radius 2 is 2.06 bits per heavy atom. The van der Waals surface area contributed by atoms with Crippen LogP contribution in [0.25, 0.3) is 0 Å². The number of carbonyl (C=O) groups excluding carboxylic acids is 2. The molecule has 1 saturated heterocycles. The van der Waals surface area contributed by atoms with Crippen molar-refractivity contribution >= 4 is 36.6 Å². The fourth-order valence-electron chi connectivity index (χ4n) is 3.56. The van der Waals surface area contributed by atoms with Crippen molar-refractivity contribution in [3.05, 3.63) is 48.1 Å². The molecule has 2 aliphatic heterocycles. The highest BCUT2D eigenvalue weighted by Gasteiger charge is 2.39. The van der Waals surface area contributed by atoms with Gasteiger partial charge in [0.25, 0.3) is 7.52 Å². The highest BCUT2D eigenvalue weighted by molar-refractivity contribution is 7.58. The number of halogens is 3. The molecule has 0 radical (unpaired) electrons. The summed E-state index contributed by atoms with van der Waals surface area (Å²) in [7, 11) is -3.91. The average molecular weight is 486 g/mol. The molecule has 2 aromatic rings. The van der Waals surface area contributed by atoms with Crippen LogP contribution >= 0.6 is 7.52 Å². The largest absolute Gasteiger partial charge is 0.442 e. The van der Waals surface area contributed by atoms with Crippen LogP contribution in [0.15, 0.2) is 35.2 Å². The number of benzene rings is 1. The fourth-order valence-corrected chi connectivity index (χ4v) is 4.53. The molecule has 3 heterocycles. The van der Waals surface area contributed by atoms with Crippen LogP contribution in [-0.4, -0.2) is 54.3 Å². The first kappa shape index (κ1) is 22.9. The molecule has 2 unspecified atom stereocenters. The van der Waals surface area contributed by atoms with Crippen LogP contribution in [-0.2, 0) is 14.1 Å². The monoisotopic (exact) mass is 486 g/mol. The summed E-state index contributed by atoms with van der Waals surface area (Å²) in [6.07, 6.45) is 1.34. The lowest BCUT2D eigenvalue weighted by atomic mass is 10.1. The van der Waals surface area contributed by atoms with Crippen molar-refractivity contribution in [2.45, 2.75) is 12.5 Å². The standard InChI is InChI=1S/C19H18F3N4O6P/c1-33(29,30)26(15-4-7-31-23-15)10-12-9-25(19(28)32-12)14-8-13(20)18(17(22)16(14)21)24-5-2-11(27)3-6-24/h2,4-5,7-8,12H,3,6,9-10H2,1H3,(H,29,30). The van der Waals surface area contributed by atoms with Gasteiger partial charge in [-0.15, -0.1) is 0 Å². The van der Waals surface area contributed by atoms with Gasteiger partial charge in [-0.3, -0.25) is 18.9 Å². The maximum absolute atomic E-state index is 14.9. The number of aromatic nitrogens is 1. The number of nitrogens with zero attached hydrogens (tertiary/aromatic N) is 4. The number of ether oxygens (including phenoxy) is 1. The molecule has 2 atom stereocenters. The molecule has 0 spiro atoms. The topological polar surface area (TPSA) is 116 Å². The van der Waals surface area contributed by atoms with E-state index in [9.17, 15) is 32.2 Å². The number of carbonyl (C=O) groups is 2. The predicted octanol–water partition coefficient (Wildman–Crippen LogP) is 3.03. The van der Waals surface area contributed by atoms with E-state index < -0.39 is 48.5 Å². The summed E-state index contributed by atoms with van der Waals surface area (Å²) in [5, 5.41) is 3.59. The van der Waals surface area contributed by atoms with Gasteiger partial charge in [0.05, 0.1) is 18.8 Å². The summed E-state index contributed by atoms with van der Waals surface area (Å²) in [4.78, 5) is 35.4. The number of allylic oxidation sites excluding steroid dienone is 1. The van der Waals surface area contributed by atoms with Crippen LogP contribution in [0.4, 0.5) is 35.2 Å². The molecule has 1 amide bonds. The van der Waals surface area contributed by atoms with Gasteiger partial charge in [-0.1, -0.05) is 5.16 Å². The second-order valence-corrected chi connectivity index (χ2v) is 9.62. The Bertz CT molecular complexity index is 1170. The molecule has 1 N–H and O–H groups in total. The minimum atomic E-state index is -3.91. The third kappa shape index (κ3) is 4.46. The molecule has 14 heteroatoms. The molecule has 176 valence electrons. The Hall–Kier alpha value is -3.31. The number of amides is 1. The first-order valence-corrected chi connectivity index (χ1v) is 11.7. The van der Waals surface area contributed by atoms with Gasteiger partial charge in [-0.2, -0.15) is 0 Å². The highest BCUT2D eigenvalue weighted by Crippen LogP contribution is 2.44. The van der Waals surface area contributed by atoms with E-state index in [4.69, 9.17) is 4.74 Å². The number of hydrogen-bond donors (Lipinski definition) is 1. The zero-order chi connectivity index (χ0) is 23.9. The second-order valence-electron chi connectivity index (χ2n) is 7.47. The Morgan fingerprint density at radius 3 is 2.67 bits per heavy atom. The van der Waals surface area contributed by atoms with Gasteiger partial charge in [0, 0.05) is 38.0 Å². The maximum atomic E-state index is 14.9. The van der Waals surface area contributed by atoms with Gasteiger partial charge in [0.2, 0.25) is 0 Å². The van der Waals surface area contributed by atoms with Gasteiger partial charge in [0.15, 0.2) is 29.1 Å². The van der Waals surface area contributed by atoms with Crippen LogP contribution in [0.2, 0.25) is 0 Å². The van der Waals surface area contributed by atoms with Gasteiger partial charge < -0.3 is 19.1 Å². The lowest BCUT2D eigenvalue weighted by Gasteiger charge is -2.26. The Morgan fingerprint density at radius 1 is 1.30 bits per heavy atom. The van der Waals surface area contributed by atoms with E-state index in [1.54, 1.807) is 0 Å². The van der Waals surface area contributed by atoms with E-state index in [0.717, 1.165) is 28.5 Å². The van der Waals surface area contributed by atoms with Crippen LogP contribution in [0, 0.1) is 17.5 Å². The number of rotatable bonds is 6. The minimum absolute atomic E-state index is 0.00699. The van der Waals surface area contributed by atoms with Gasteiger partial charge in [-0.25, -0.2) is 18.0 Å². The van der Waals surface area contributed by atoms with Crippen molar-refractivity contribution in [3.63, 3.8) is 0 Å². The third-order valence-electron chi connectivity index (χ3n) is 5.12. The van der Waals surface area contributed by atoms with Crippen molar-refractivity contribution in [3.8, 4) is 0 Å². The molecular formula is C19H18F3N4O6P. The number of hydrogen-bond acceptors (Lipinski definition) is 7. The number of cyclic esters (lactones) is 1. The SMILES string of the molecule is CP(=O)(O)N(CC1CN(c2cc(F)c(N3C=CC(=O)CC3)c(F)c2F)C(=O)O1)c1ccon1. The Balaban J connectivity index is 1.59. The molecule has 0 bridgehead atoms. The lowest BCUT2D eigenvalue weighted by Crippen LogP contribution is -2.33. The fraction of sp³-hybridized carbons (Fsp3) is 0.316. The molecular weight excluding hydrogens is 468 g/mol. The van der Waals surface area contributed by atoms with Crippen molar-refractivity contribution in [2.75, 3.05) is 40.8 Å². The number of anilines is 3. The first-order valence-electron chi connectivity index (χ1n) is 9.68. The lowest BCUT2D eigenvalue weighted by molar-refractivity contribution is -0.114. The van der Waals surface area contributed by atoms with Gasteiger partial charge in [0.1, 0.15) is 18.1 Å². The van der Waals surface area contributed by atoms with Gasteiger partial charge >= 0.3 is 6.09 Å².